The standard InChI is InChI=1S/C35H32O4/c1-33(2,34(21-31(36)38-3)27-17-9-5-13-23(27)24-14-6-10-18-28(24)34)35(22-32(37)39-4)29-19-11-7-15-25(29)26-16-8-12-20-30(26)35/h5-20H,21-22H2,1-4H3. The van der Waals surface area contributed by atoms with Crippen LogP contribution < -0.4 is 0 Å². The maximum absolute atomic E-state index is 13.4. The Kier molecular flexibility index (Phi) is 5.76. The second-order valence-corrected chi connectivity index (χ2v) is 11.1. The van der Waals surface area contributed by atoms with E-state index in [2.05, 4.69) is 62.4 Å². The van der Waals surface area contributed by atoms with Crippen LogP contribution in [0.2, 0.25) is 0 Å². The van der Waals surface area contributed by atoms with Crippen molar-refractivity contribution < 1.29 is 19.1 Å². The zero-order chi connectivity index (χ0) is 27.4. The lowest BCUT2D eigenvalue weighted by Gasteiger charge is -2.56. The van der Waals surface area contributed by atoms with Gasteiger partial charge in [0.15, 0.2) is 0 Å². The fraction of sp³-hybridized carbons (Fsp3) is 0.257. The van der Waals surface area contributed by atoms with Crippen LogP contribution in [0, 0.1) is 5.41 Å². The zero-order valence-electron chi connectivity index (χ0n) is 22.8. The second kappa shape index (κ2) is 8.94. The number of carbonyl (C=O) groups is 2. The molecule has 0 heterocycles. The van der Waals surface area contributed by atoms with Crippen LogP contribution in [0.4, 0.5) is 0 Å². The number of esters is 2. The number of ether oxygens (including phenoxy) is 2. The highest BCUT2D eigenvalue weighted by molar-refractivity contribution is 5.89. The first-order valence-electron chi connectivity index (χ1n) is 13.4. The summed E-state index contributed by atoms with van der Waals surface area (Å²) in [6.45, 7) is 4.44. The monoisotopic (exact) mass is 516 g/mol. The maximum Gasteiger partial charge on any atom is 0.306 e. The van der Waals surface area contributed by atoms with Gasteiger partial charge in [-0.2, -0.15) is 0 Å². The van der Waals surface area contributed by atoms with E-state index in [9.17, 15) is 9.59 Å². The van der Waals surface area contributed by atoms with E-state index in [1.807, 2.05) is 48.5 Å². The second-order valence-electron chi connectivity index (χ2n) is 11.1. The van der Waals surface area contributed by atoms with Gasteiger partial charge in [-0.05, 0) is 49.9 Å². The molecule has 0 spiro atoms. The molecule has 4 aromatic rings. The topological polar surface area (TPSA) is 52.6 Å². The smallest absolute Gasteiger partial charge is 0.306 e. The van der Waals surface area contributed by atoms with Crippen molar-refractivity contribution in [3.63, 3.8) is 0 Å². The van der Waals surface area contributed by atoms with Crippen LogP contribution in [0.1, 0.15) is 48.9 Å². The lowest BCUT2D eigenvalue weighted by molar-refractivity contribution is -0.145. The largest absolute Gasteiger partial charge is 0.469 e. The average Bonchev–Trinajstić information content (AvgIpc) is 3.43. The Bertz CT molecular complexity index is 1400. The van der Waals surface area contributed by atoms with Crippen LogP contribution >= 0.6 is 0 Å². The molecule has 0 fully saturated rings. The summed E-state index contributed by atoms with van der Waals surface area (Å²) in [6.07, 6.45) is 0.273. The van der Waals surface area contributed by atoms with Crippen LogP contribution in [0.5, 0.6) is 0 Å². The van der Waals surface area contributed by atoms with E-state index in [0.717, 1.165) is 44.5 Å². The first-order chi connectivity index (χ1) is 18.8. The van der Waals surface area contributed by atoms with Gasteiger partial charge in [-0.25, -0.2) is 0 Å². The Balaban J connectivity index is 1.77. The Morgan fingerprint density at radius 2 is 0.795 bits per heavy atom. The number of carbonyl (C=O) groups excluding carboxylic acids is 2. The first kappa shape index (κ1) is 25.1. The summed E-state index contributed by atoms with van der Waals surface area (Å²) >= 11 is 0. The Morgan fingerprint density at radius 1 is 0.538 bits per heavy atom. The highest BCUT2D eigenvalue weighted by Gasteiger charge is 2.66. The van der Waals surface area contributed by atoms with Gasteiger partial charge in [-0.1, -0.05) is 111 Å². The van der Waals surface area contributed by atoms with E-state index < -0.39 is 16.2 Å². The van der Waals surface area contributed by atoms with E-state index in [0.29, 0.717) is 0 Å². The lowest BCUT2D eigenvalue weighted by Crippen LogP contribution is -2.56. The molecule has 0 saturated carbocycles. The van der Waals surface area contributed by atoms with Crippen molar-refractivity contribution in [2.45, 2.75) is 37.5 Å². The molecule has 0 atom stereocenters. The van der Waals surface area contributed by atoms with Crippen molar-refractivity contribution in [1.82, 2.24) is 0 Å². The third kappa shape index (κ3) is 3.18. The molecule has 0 radical (unpaired) electrons. The van der Waals surface area contributed by atoms with Crippen molar-refractivity contribution >= 4 is 11.9 Å². The number of methoxy groups -OCH3 is 2. The molecule has 6 rings (SSSR count). The Morgan fingerprint density at radius 3 is 1.05 bits per heavy atom. The molecule has 196 valence electrons. The summed E-state index contributed by atoms with van der Waals surface area (Å²) in [5, 5.41) is 0. The third-order valence-electron chi connectivity index (χ3n) is 9.54. The van der Waals surface area contributed by atoms with Gasteiger partial charge in [0.05, 0.1) is 27.1 Å². The fourth-order valence-electron chi connectivity index (χ4n) is 7.76. The van der Waals surface area contributed by atoms with Crippen LogP contribution in [-0.2, 0) is 29.9 Å². The van der Waals surface area contributed by atoms with Crippen LogP contribution in [-0.4, -0.2) is 26.2 Å². The summed E-state index contributed by atoms with van der Waals surface area (Å²) in [6, 6.07) is 33.4. The quantitative estimate of drug-likeness (QED) is 0.257. The first-order valence-corrected chi connectivity index (χ1v) is 13.4. The molecule has 0 bridgehead atoms. The molecule has 39 heavy (non-hydrogen) atoms. The molecule has 0 unspecified atom stereocenters. The normalized spacial score (nSPS) is 15.5. The molecule has 0 aromatic heterocycles. The van der Waals surface area contributed by atoms with E-state index in [-0.39, 0.29) is 24.8 Å². The van der Waals surface area contributed by atoms with Crippen molar-refractivity contribution in [2.24, 2.45) is 5.41 Å². The van der Waals surface area contributed by atoms with E-state index in [1.54, 1.807) is 0 Å². The SMILES string of the molecule is COC(=O)CC1(C(C)(C)C2(CC(=O)OC)c3ccccc3-c3ccccc32)c2ccccc2-c2ccccc21. The molecular weight excluding hydrogens is 484 g/mol. The molecule has 2 aliphatic rings. The molecule has 2 aliphatic carbocycles. The van der Waals surface area contributed by atoms with Crippen molar-refractivity contribution in [3.05, 3.63) is 119 Å². The van der Waals surface area contributed by atoms with Gasteiger partial charge in [0.1, 0.15) is 0 Å². The van der Waals surface area contributed by atoms with E-state index >= 15 is 0 Å². The van der Waals surface area contributed by atoms with E-state index in [4.69, 9.17) is 9.47 Å². The number of rotatable bonds is 6. The van der Waals surface area contributed by atoms with Gasteiger partial charge in [0.2, 0.25) is 0 Å². The van der Waals surface area contributed by atoms with Gasteiger partial charge in [0, 0.05) is 10.8 Å². The van der Waals surface area contributed by atoms with Gasteiger partial charge in [-0.3, -0.25) is 9.59 Å². The van der Waals surface area contributed by atoms with Gasteiger partial charge in [0.25, 0.3) is 0 Å². The molecule has 4 heteroatoms. The minimum absolute atomic E-state index is 0.137. The molecule has 0 amide bonds. The van der Waals surface area contributed by atoms with Crippen LogP contribution in [0.3, 0.4) is 0 Å². The van der Waals surface area contributed by atoms with Gasteiger partial charge in [-0.15, -0.1) is 0 Å². The number of hydrogen-bond acceptors (Lipinski definition) is 4. The average molecular weight is 517 g/mol. The van der Waals surface area contributed by atoms with Crippen molar-refractivity contribution in [2.75, 3.05) is 14.2 Å². The molecule has 0 saturated heterocycles. The molecule has 4 aromatic carbocycles. The van der Waals surface area contributed by atoms with Gasteiger partial charge < -0.3 is 9.47 Å². The number of fused-ring (bicyclic) bond motifs is 6. The Labute approximate surface area is 229 Å². The Hall–Kier alpha value is -4.18. The fourth-order valence-corrected chi connectivity index (χ4v) is 7.76. The van der Waals surface area contributed by atoms with Crippen molar-refractivity contribution in [3.8, 4) is 22.3 Å². The predicted octanol–water partition coefficient (Wildman–Crippen LogP) is 7.07. The zero-order valence-corrected chi connectivity index (χ0v) is 22.8. The molecule has 0 aliphatic heterocycles. The minimum Gasteiger partial charge on any atom is -0.469 e. The summed E-state index contributed by atoms with van der Waals surface area (Å²) in [7, 11) is 2.89. The van der Waals surface area contributed by atoms with E-state index in [1.165, 1.54) is 14.2 Å². The number of hydrogen-bond donors (Lipinski definition) is 0. The summed E-state index contributed by atoms with van der Waals surface area (Å²) < 4.78 is 10.7. The summed E-state index contributed by atoms with van der Waals surface area (Å²) in [5.41, 5.74) is 6.43. The molecule has 0 N–H and O–H groups in total. The minimum atomic E-state index is -0.800. The number of benzene rings is 4. The lowest BCUT2D eigenvalue weighted by atomic mass is 9.45. The van der Waals surface area contributed by atoms with Crippen LogP contribution in [0.25, 0.3) is 22.3 Å². The van der Waals surface area contributed by atoms with Crippen LogP contribution in [0.15, 0.2) is 97.1 Å². The molecule has 4 nitrogen and oxygen atoms in total. The molecular formula is C35H32O4. The maximum atomic E-state index is 13.4. The highest BCUT2D eigenvalue weighted by Crippen LogP contribution is 2.69. The highest BCUT2D eigenvalue weighted by atomic mass is 16.5. The summed E-state index contributed by atoms with van der Waals surface area (Å²) in [5.74, 6) is -0.579. The summed E-state index contributed by atoms with van der Waals surface area (Å²) in [4.78, 5) is 26.8. The predicted molar refractivity (Wildman–Crippen MR) is 152 cm³/mol. The van der Waals surface area contributed by atoms with Gasteiger partial charge >= 0.3 is 11.9 Å². The van der Waals surface area contributed by atoms with Crippen molar-refractivity contribution in [1.29, 1.82) is 0 Å². The third-order valence-corrected chi connectivity index (χ3v) is 9.54.